The average molecular weight is 435 g/mol. The molecule has 2 N–H and O–H groups in total. The van der Waals surface area contributed by atoms with E-state index in [1.54, 1.807) is 0 Å². The molecule has 1 heterocycles. The van der Waals surface area contributed by atoms with Crippen LogP contribution in [0, 0.1) is 0 Å². The van der Waals surface area contributed by atoms with Gasteiger partial charge in [-0.2, -0.15) is 0 Å². The lowest BCUT2D eigenvalue weighted by molar-refractivity contribution is -0.137. The second-order valence-corrected chi connectivity index (χ2v) is 9.15. The molecule has 160 valence electrons. The van der Waals surface area contributed by atoms with Gasteiger partial charge >= 0.3 is 5.97 Å². The summed E-state index contributed by atoms with van der Waals surface area (Å²) < 4.78 is 1.07. The van der Waals surface area contributed by atoms with Gasteiger partial charge in [-0.05, 0) is 18.6 Å². The minimum atomic E-state index is -0.850. The SMILES string of the molecule is CCCCCCCCCCCCNC(=S)C(CC(=O)O)c1nc2ccccc2s1. The second-order valence-electron chi connectivity index (χ2n) is 7.64. The zero-order chi connectivity index (χ0) is 20.9. The Bertz CT molecular complexity index is 727. The fourth-order valence-electron chi connectivity index (χ4n) is 3.45. The van der Waals surface area contributed by atoms with Crippen LogP contribution in [0.5, 0.6) is 0 Å². The van der Waals surface area contributed by atoms with Crippen LogP contribution < -0.4 is 5.32 Å². The molecule has 1 aromatic carbocycles. The first-order chi connectivity index (χ1) is 14.1. The van der Waals surface area contributed by atoms with Crippen LogP contribution in [0.2, 0.25) is 0 Å². The lowest BCUT2D eigenvalue weighted by Gasteiger charge is -2.15. The number of carboxylic acids is 1. The van der Waals surface area contributed by atoms with Crippen molar-refractivity contribution in [2.24, 2.45) is 0 Å². The van der Waals surface area contributed by atoms with Crippen LogP contribution in [0.1, 0.15) is 88.5 Å². The molecule has 0 amide bonds. The van der Waals surface area contributed by atoms with Crippen LogP contribution in [0.25, 0.3) is 10.2 Å². The minimum absolute atomic E-state index is 0.0241. The summed E-state index contributed by atoms with van der Waals surface area (Å²) in [5.74, 6) is -1.21. The number of carbonyl (C=O) groups is 1. The zero-order valence-corrected chi connectivity index (χ0v) is 19.1. The van der Waals surface area contributed by atoms with Gasteiger partial charge in [0, 0.05) is 6.54 Å². The van der Waals surface area contributed by atoms with E-state index in [9.17, 15) is 9.90 Å². The molecule has 1 unspecified atom stereocenters. The van der Waals surface area contributed by atoms with Crippen LogP contribution in [0.4, 0.5) is 0 Å². The highest BCUT2D eigenvalue weighted by molar-refractivity contribution is 7.80. The van der Waals surface area contributed by atoms with Gasteiger partial charge in [-0.25, -0.2) is 4.98 Å². The Kier molecular flexibility index (Phi) is 11.2. The Morgan fingerprint density at radius 2 is 1.69 bits per heavy atom. The van der Waals surface area contributed by atoms with Crippen LogP contribution in [0.15, 0.2) is 24.3 Å². The van der Waals surface area contributed by atoms with Crippen molar-refractivity contribution in [3.8, 4) is 0 Å². The Hall–Kier alpha value is -1.53. The molecule has 1 atom stereocenters. The van der Waals surface area contributed by atoms with Gasteiger partial charge in [-0.1, -0.05) is 89.1 Å². The lowest BCUT2D eigenvalue weighted by atomic mass is 10.1. The maximum Gasteiger partial charge on any atom is 0.304 e. The van der Waals surface area contributed by atoms with Crippen molar-refractivity contribution in [1.82, 2.24) is 10.3 Å². The van der Waals surface area contributed by atoms with Gasteiger partial charge in [-0.15, -0.1) is 11.3 Å². The van der Waals surface area contributed by atoms with E-state index in [-0.39, 0.29) is 12.3 Å². The third-order valence-corrected chi connectivity index (χ3v) is 6.71. The summed E-state index contributed by atoms with van der Waals surface area (Å²) in [6.45, 7) is 3.05. The van der Waals surface area contributed by atoms with Crippen LogP contribution in [0.3, 0.4) is 0 Å². The number of rotatable bonds is 15. The van der Waals surface area contributed by atoms with E-state index >= 15 is 0 Å². The van der Waals surface area contributed by atoms with E-state index in [4.69, 9.17) is 12.2 Å². The molecule has 0 aliphatic carbocycles. The molecule has 0 saturated heterocycles. The summed E-state index contributed by atoms with van der Waals surface area (Å²) in [6.07, 6.45) is 12.9. The predicted octanol–water partition coefficient (Wildman–Crippen LogP) is 6.69. The topological polar surface area (TPSA) is 62.2 Å². The molecule has 6 heteroatoms. The lowest BCUT2D eigenvalue weighted by Crippen LogP contribution is -2.29. The van der Waals surface area contributed by atoms with Crippen molar-refractivity contribution >= 4 is 44.7 Å². The normalized spacial score (nSPS) is 12.2. The molecule has 0 bridgehead atoms. The van der Waals surface area contributed by atoms with Crippen LogP contribution >= 0.6 is 23.6 Å². The molecule has 0 aliphatic heterocycles. The highest BCUT2D eigenvalue weighted by Gasteiger charge is 2.24. The molecule has 4 nitrogen and oxygen atoms in total. The van der Waals surface area contributed by atoms with Crippen molar-refractivity contribution in [2.75, 3.05) is 6.54 Å². The number of aliphatic carboxylic acids is 1. The number of fused-ring (bicyclic) bond motifs is 1. The van der Waals surface area contributed by atoms with Crippen molar-refractivity contribution in [1.29, 1.82) is 0 Å². The fourth-order valence-corrected chi connectivity index (χ4v) is 4.90. The molecular weight excluding hydrogens is 400 g/mol. The highest BCUT2D eigenvalue weighted by atomic mass is 32.1. The van der Waals surface area contributed by atoms with Crippen molar-refractivity contribution < 1.29 is 9.90 Å². The number of thiocarbonyl (C=S) groups is 1. The predicted molar refractivity (Wildman–Crippen MR) is 127 cm³/mol. The number of thiazole rings is 1. The molecule has 0 saturated carbocycles. The quantitative estimate of drug-likeness (QED) is 0.241. The summed E-state index contributed by atoms with van der Waals surface area (Å²) in [5.41, 5.74) is 0.903. The van der Waals surface area contributed by atoms with Crippen molar-refractivity contribution in [3.05, 3.63) is 29.3 Å². The minimum Gasteiger partial charge on any atom is -0.481 e. The Labute approximate surface area is 184 Å². The summed E-state index contributed by atoms with van der Waals surface area (Å²) in [4.78, 5) is 16.6. The number of para-hydroxylation sites is 1. The number of nitrogens with one attached hydrogen (secondary N) is 1. The fraction of sp³-hybridized carbons (Fsp3) is 0.609. The zero-order valence-electron chi connectivity index (χ0n) is 17.5. The first-order valence-corrected chi connectivity index (χ1v) is 12.2. The van der Waals surface area contributed by atoms with E-state index in [2.05, 4.69) is 17.2 Å². The highest BCUT2D eigenvalue weighted by Crippen LogP contribution is 2.30. The molecule has 0 spiro atoms. The molecule has 2 aromatic rings. The first kappa shape index (κ1) is 23.7. The van der Waals surface area contributed by atoms with Crippen LogP contribution in [-0.2, 0) is 4.79 Å². The number of unbranched alkanes of at least 4 members (excludes halogenated alkanes) is 9. The number of hydrogen-bond acceptors (Lipinski definition) is 4. The smallest absolute Gasteiger partial charge is 0.304 e. The molecule has 0 radical (unpaired) electrons. The third kappa shape index (κ3) is 8.79. The van der Waals surface area contributed by atoms with E-state index in [0.717, 1.165) is 28.2 Å². The third-order valence-electron chi connectivity index (χ3n) is 5.13. The maximum atomic E-state index is 11.4. The average Bonchev–Trinajstić information content (AvgIpc) is 3.13. The molecule has 29 heavy (non-hydrogen) atoms. The van der Waals surface area contributed by atoms with Crippen LogP contribution in [-0.4, -0.2) is 27.6 Å². The van der Waals surface area contributed by atoms with E-state index in [1.165, 1.54) is 69.1 Å². The van der Waals surface area contributed by atoms with Gasteiger partial charge < -0.3 is 10.4 Å². The molecule has 2 rings (SSSR count). The first-order valence-electron chi connectivity index (χ1n) is 11.0. The summed E-state index contributed by atoms with van der Waals surface area (Å²) >= 11 is 7.08. The molecule has 0 fully saturated rings. The summed E-state index contributed by atoms with van der Waals surface area (Å²) in [5, 5.41) is 13.4. The molecule has 1 aromatic heterocycles. The number of benzene rings is 1. The summed E-state index contributed by atoms with van der Waals surface area (Å²) in [6, 6.07) is 7.88. The largest absolute Gasteiger partial charge is 0.481 e. The second kappa shape index (κ2) is 13.6. The number of nitrogens with zero attached hydrogens (tertiary/aromatic N) is 1. The van der Waals surface area contributed by atoms with E-state index in [0.29, 0.717) is 4.99 Å². The van der Waals surface area contributed by atoms with Gasteiger partial charge in [0.1, 0.15) is 5.01 Å². The van der Waals surface area contributed by atoms with Gasteiger partial charge in [0.05, 0.1) is 27.5 Å². The summed E-state index contributed by atoms with van der Waals surface area (Å²) in [7, 11) is 0. The Morgan fingerprint density at radius 1 is 1.07 bits per heavy atom. The number of hydrogen-bond donors (Lipinski definition) is 2. The Balaban J connectivity index is 1.70. The van der Waals surface area contributed by atoms with Crippen molar-refractivity contribution in [3.63, 3.8) is 0 Å². The maximum absolute atomic E-state index is 11.4. The van der Waals surface area contributed by atoms with E-state index in [1.807, 2.05) is 24.3 Å². The van der Waals surface area contributed by atoms with Gasteiger partial charge in [0.2, 0.25) is 0 Å². The molecular formula is C23H34N2O2S2. The number of aromatic nitrogens is 1. The van der Waals surface area contributed by atoms with Gasteiger partial charge in [-0.3, -0.25) is 4.79 Å². The molecule has 0 aliphatic rings. The van der Waals surface area contributed by atoms with Gasteiger partial charge in [0.15, 0.2) is 0 Å². The monoisotopic (exact) mass is 434 g/mol. The van der Waals surface area contributed by atoms with Gasteiger partial charge in [0.25, 0.3) is 0 Å². The van der Waals surface area contributed by atoms with E-state index < -0.39 is 5.97 Å². The number of carboxylic acid groups (broad SMARTS) is 1. The Morgan fingerprint density at radius 3 is 2.31 bits per heavy atom. The van der Waals surface area contributed by atoms with Crippen molar-refractivity contribution in [2.45, 2.75) is 83.5 Å². The standard InChI is InChI=1S/C23H34N2O2S2/c1-2-3-4-5-6-7-8-9-10-13-16-24-22(28)18(17-21(26)27)23-25-19-14-11-12-15-20(19)29-23/h11-12,14-15,18H,2-10,13,16-17H2,1H3,(H,24,28)(H,26,27).